The van der Waals surface area contributed by atoms with E-state index in [1.807, 2.05) is 0 Å². The summed E-state index contributed by atoms with van der Waals surface area (Å²) in [7, 11) is 0. The molecule has 232 valence electrons. The molecule has 10 rings (SSSR count). The monoisotopic (exact) mass is 663 g/mol. The molecule has 2 aromatic heterocycles. The van der Waals surface area contributed by atoms with Gasteiger partial charge in [0.15, 0.2) is 12.0 Å². The fourth-order valence-corrected chi connectivity index (χ4v) is 9.34. The Morgan fingerprint density at radius 1 is 0.531 bits per heavy atom. The number of fused-ring (bicyclic) bond motifs is 9. The molecule has 3 nitrogen and oxygen atoms in total. The van der Waals surface area contributed by atoms with Crippen LogP contribution in [0.25, 0.3) is 22.8 Å². The van der Waals surface area contributed by atoms with Gasteiger partial charge < -0.3 is 5.32 Å². The fraction of sp³-hybridized carbons (Fsp3) is 0.0455. The van der Waals surface area contributed by atoms with Gasteiger partial charge in [-0.25, -0.2) is 9.98 Å². The van der Waals surface area contributed by atoms with Crippen molar-refractivity contribution in [1.29, 1.82) is 0 Å². The summed E-state index contributed by atoms with van der Waals surface area (Å²) in [6.07, 6.45) is 2.22. The smallest absolute Gasteiger partial charge is 0.159 e. The molecule has 0 amide bonds. The maximum atomic E-state index is 5.09. The fourth-order valence-electron chi connectivity index (χ4n) is 7.95. The molecular weight excluding hydrogens is 635 g/mol. The molecule has 0 radical (unpaired) electrons. The molecule has 0 saturated carbocycles. The Kier molecular flexibility index (Phi) is 6.51. The highest BCUT2D eigenvalue weighted by Gasteiger charge is 2.48. The number of nitrogens with zero attached hydrogens (tertiary/aromatic N) is 2. The van der Waals surface area contributed by atoms with E-state index in [-0.39, 0.29) is 6.17 Å². The quantitative estimate of drug-likeness (QED) is 0.200. The van der Waals surface area contributed by atoms with Crippen LogP contribution in [0.3, 0.4) is 0 Å². The number of aliphatic imine (C=N–C) groups is 2. The molecule has 5 aromatic carbocycles. The Morgan fingerprint density at radius 3 is 1.80 bits per heavy atom. The van der Waals surface area contributed by atoms with Crippen LogP contribution < -0.4 is 5.32 Å². The molecule has 1 atom stereocenters. The number of hydrogen-bond acceptors (Lipinski definition) is 5. The van der Waals surface area contributed by atoms with Crippen molar-refractivity contribution in [2.24, 2.45) is 9.98 Å². The summed E-state index contributed by atoms with van der Waals surface area (Å²) in [5.41, 5.74) is 13.3. The molecule has 1 spiro atoms. The van der Waals surface area contributed by atoms with Gasteiger partial charge in [0.1, 0.15) is 5.84 Å². The van der Waals surface area contributed by atoms with E-state index in [1.54, 1.807) is 22.7 Å². The zero-order valence-electron chi connectivity index (χ0n) is 26.4. The highest BCUT2D eigenvalue weighted by Crippen LogP contribution is 2.59. The van der Waals surface area contributed by atoms with Crippen LogP contribution in [-0.4, -0.2) is 11.7 Å². The Balaban J connectivity index is 1.14. The molecule has 2 aliphatic carbocycles. The van der Waals surface area contributed by atoms with Crippen molar-refractivity contribution in [2.75, 3.05) is 0 Å². The Morgan fingerprint density at radius 2 is 1.12 bits per heavy atom. The third kappa shape index (κ3) is 4.33. The normalized spacial score (nSPS) is 16.7. The van der Waals surface area contributed by atoms with Gasteiger partial charge in [-0.1, -0.05) is 133 Å². The lowest BCUT2D eigenvalue weighted by Gasteiger charge is -2.35. The molecule has 3 aliphatic rings. The third-order valence-corrected chi connectivity index (χ3v) is 11.8. The number of hydrogen-bond donors (Lipinski definition) is 1. The molecule has 7 aromatic rings. The summed E-state index contributed by atoms with van der Waals surface area (Å²) in [4.78, 5) is 12.4. The van der Waals surface area contributed by atoms with Gasteiger partial charge in [0.2, 0.25) is 0 Å². The first-order chi connectivity index (χ1) is 24.3. The summed E-state index contributed by atoms with van der Waals surface area (Å²) in [6.45, 7) is 0. The highest BCUT2D eigenvalue weighted by atomic mass is 32.1. The zero-order chi connectivity index (χ0) is 32.4. The van der Waals surface area contributed by atoms with E-state index in [0.717, 1.165) is 27.7 Å². The van der Waals surface area contributed by atoms with Gasteiger partial charge in [0.05, 0.1) is 10.3 Å². The Bertz CT molecular complexity index is 2420. The van der Waals surface area contributed by atoms with Crippen LogP contribution >= 0.6 is 22.7 Å². The standard InChI is InChI=1S/C44H29N3S2/c1-5-15-35-30(11-1)27-34(33-14-4-8-18-38(33)44(35)36-16-6-2-12-31(36)32-13-3-7-17-37(32)44)28-21-23-29(24-22-28)41-45-42(39-19-9-25-48-39)47-43(46-41)40-20-10-26-49-40/h1-27,42H,(H,45,46,47)/t42-/m0/s1. The lowest BCUT2D eigenvalue weighted by atomic mass is 9.66. The first-order valence-electron chi connectivity index (χ1n) is 16.5. The SMILES string of the molecule is C1=C(c2ccc(C3=N[C@H](c4cccs4)NC(c4cccs4)=N3)cc2)c2ccccc2C2(c3ccccc31)c1ccccc1-c1ccccc12. The minimum absolute atomic E-state index is 0.175. The molecule has 1 N–H and O–H groups in total. The van der Waals surface area contributed by atoms with Crippen molar-refractivity contribution in [3.63, 3.8) is 0 Å². The third-order valence-electron chi connectivity index (χ3n) is 10.0. The van der Waals surface area contributed by atoms with E-state index in [1.165, 1.54) is 55.0 Å². The molecule has 3 heterocycles. The predicted octanol–water partition coefficient (Wildman–Crippen LogP) is 10.6. The molecule has 0 unspecified atom stereocenters. The first-order valence-corrected chi connectivity index (χ1v) is 18.3. The minimum atomic E-state index is -0.438. The average Bonchev–Trinajstić information content (AvgIpc) is 3.94. The zero-order valence-corrected chi connectivity index (χ0v) is 28.0. The molecular formula is C44H29N3S2. The van der Waals surface area contributed by atoms with Crippen molar-refractivity contribution in [3.05, 3.63) is 211 Å². The van der Waals surface area contributed by atoms with E-state index in [9.17, 15) is 0 Å². The van der Waals surface area contributed by atoms with Crippen molar-refractivity contribution >= 4 is 46.0 Å². The van der Waals surface area contributed by atoms with Gasteiger partial charge in [-0.05, 0) is 84.6 Å². The topological polar surface area (TPSA) is 36.8 Å². The van der Waals surface area contributed by atoms with Crippen LogP contribution in [0.2, 0.25) is 0 Å². The second kappa shape index (κ2) is 11.2. The number of amidine groups is 2. The predicted molar refractivity (Wildman–Crippen MR) is 205 cm³/mol. The summed E-state index contributed by atoms with van der Waals surface area (Å²) in [5.74, 6) is 1.60. The van der Waals surface area contributed by atoms with Crippen LogP contribution in [0, 0.1) is 0 Å². The van der Waals surface area contributed by atoms with Crippen LogP contribution in [0.4, 0.5) is 0 Å². The molecule has 0 bridgehead atoms. The van der Waals surface area contributed by atoms with E-state index < -0.39 is 5.41 Å². The van der Waals surface area contributed by atoms with E-state index in [2.05, 4.69) is 168 Å². The number of benzene rings is 5. The lowest BCUT2D eigenvalue weighted by Crippen LogP contribution is -2.32. The van der Waals surface area contributed by atoms with Crippen molar-refractivity contribution in [2.45, 2.75) is 11.6 Å². The van der Waals surface area contributed by atoms with Gasteiger partial charge in [-0.2, -0.15) is 0 Å². The highest BCUT2D eigenvalue weighted by molar-refractivity contribution is 7.12. The number of thiophene rings is 2. The summed E-state index contributed by atoms with van der Waals surface area (Å²) >= 11 is 3.39. The number of nitrogens with one attached hydrogen (secondary N) is 1. The molecule has 49 heavy (non-hydrogen) atoms. The summed E-state index contributed by atoms with van der Waals surface area (Å²) in [5, 5.41) is 7.75. The van der Waals surface area contributed by atoms with Gasteiger partial charge in [0.25, 0.3) is 0 Å². The van der Waals surface area contributed by atoms with Crippen molar-refractivity contribution in [3.8, 4) is 11.1 Å². The summed E-state index contributed by atoms with van der Waals surface area (Å²) < 4.78 is 0. The van der Waals surface area contributed by atoms with Gasteiger partial charge in [-0.15, -0.1) is 22.7 Å². The van der Waals surface area contributed by atoms with E-state index in [0.29, 0.717) is 0 Å². The molecule has 0 saturated heterocycles. The molecule has 1 aliphatic heterocycles. The van der Waals surface area contributed by atoms with Gasteiger partial charge in [0, 0.05) is 10.4 Å². The summed E-state index contributed by atoms with van der Waals surface area (Å²) in [6, 6.07) is 53.1. The Hall–Kier alpha value is -5.62. The van der Waals surface area contributed by atoms with Crippen molar-refractivity contribution in [1.82, 2.24) is 5.32 Å². The second-order valence-electron chi connectivity index (χ2n) is 12.6. The largest absolute Gasteiger partial charge is 0.343 e. The minimum Gasteiger partial charge on any atom is -0.343 e. The number of rotatable bonds is 4. The van der Waals surface area contributed by atoms with E-state index in [4.69, 9.17) is 9.98 Å². The van der Waals surface area contributed by atoms with Crippen LogP contribution in [0.5, 0.6) is 0 Å². The second-order valence-corrected chi connectivity index (χ2v) is 14.5. The van der Waals surface area contributed by atoms with Crippen LogP contribution in [0.1, 0.15) is 60.4 Å². The van der Waals surface area contributed by atoms with Crippen molar-refractivity contribution < 1.29 is 0 Å². The van der Waals surface area contributed by atoms with E-state index >= 15 is 0 Å². The van der Waals surface area contributed by atoms with Gasteiger partial charge in [-0.3, -0.25) is 0 Å². The maximum absolute atomic E-state index is 5.09. The average molecular weight is 664 g/mol. The first kappa shape index (κ1) is 28.4. The maximum Gasteiger partial charge on any atom is 0.159 e. The Labute approximate surface area is 293 Å². The molecule has 5 heteroatoms. The lowest BCUT2D eigenvalue weighted by molar-refractivity contribution is 0.688. The molecule has 0 fully saturated rings. The van der Waals surface area contributed by atoms with Crippen LogP contribution in [-0.2, 0) is 5.41 Å². The van der Waals surface area contributed by atoms with Crippen LogP contribution in [0.15, 0.2) is 166 Å². The van der Waals surface area contributed by atoms with Gasteiger partial charge >= 0.3 is 0 Å².